The summed E-state index contributed by atoms with van der Waals surface area (Å²) in [4.78, 5) is 18.7. The molecule has 3 nitrogen and oxygen atoms in total. The lowest BCUT2D eigenvalue weighted by atomic mass is 9.97. The third kappa shape index (κ3) is 4.43. The van der Waals surface area contributed by atoms with Crippen molar-refractivity contribution in [1.29, 1.82) is 0 Å². The fourth-order valence-corrected chi connectivity index (χ4v) is 4.29. The van der Waals surface area contributed by atoms with E-state index in [1.54, 1.807) is 6.07 Å². The molecule has 2 heterocycles. The number of carbonyl (C=O) groups excluding carboxylic acids is 1. The molecule has 1 aliphatic rings. The quantitative estimate of drug-likeness (QED) is 0.582. The molecule has 1 aliphatic heterocycles. The van der Waals surface area contributed by atoms with Crippen molar-refractivity contribution < 1.29 is 9.18 Å². The molecule has 1 unspecified atom stereocenters. The second-order valence-corrected chi connectivity index (χ2v) is 9.24. The summed E-state index contributed by atoms with van der Waals surface area (Å²) in [5.74, 6) is 1.57. The lowest BCUT2D eigenvalue weighted by molar-refractivity contribution is 0.112. The Morgan fingerprint density at radius 1 is 1.29 bits per heavy atom. The van der Waals surface area contributed by atoms with Gasteiger partial charge >= 0.3 is 0 Å². The number of pyridine rings is 1. The fraction of sp³-hybridized carbons (Fsp3) is 0.500. The van der Waals surface area contributed by atoms with Gasteiger partial charge in [-0.25, -0.2) is 9.37 Å². The molecular formula is C24H31FN2O. The van der Waals surface area contributed by atoms with Gasteiger partial charge in [-0.2, -0.15) is 0 Å². The Kier molecular flexibility index (Phi) is 5.87. The maximum atomic E-state index is 14.3. The standard InChI is InChI=1S/C24H31FN2O/c1-16(2)6-7-18-10-20(12-21(25)11-18)22-9-8-19(15-28)23(26-22)27-14-17(3)13-24(27,4)5/h8-12,15-17H,6-7,13-14H2,1-5H3. The number of aryl methyl sites for hydroxylation is 1. The third-order valence-electron chi connectivity index (χ3n) is 5.62. The van der Waals surface area contributed by atoms with Gasteiger partial charge in [0.1, 0.15) is 11.6 Å². The van der Waals surface area contributed by atoms with Crippen molar-refractivity contribution in [1.82, 2.24) is 4.98 Å². The highest BCUT2D eigenvalue weighted by atomic mass is 19.1. The van der Waals surface area contributed by atoms with Crippen molar-refractivity contribution >= 4 is 12.1 Å². The van der Waals surface area contributed by atoms with E-state index in [9.17, 15) is 9.18 Å². The summed E-state index contributed by atoms with van der Waals surface area (Å²) in [5.41, 5.74) is 2.99. The molecule has 0 spiro atoms. The van der Waals surface area contributed by atoms with Crippen LogP contribution in [-0.4, -0.2) is 23.4 Å². The monoisotopic (exact) mass is 382 g/mol. The lowest BCUT2D eigenvalue weighted by Gasteiger charge is -2.33. The molecule has 1 saturated heterocycles. The van der Waals surface area contributed by atoms with E-state index >= 15 is 0 Å². The number of benzene rings is 1. The average molecular weight is 383 g/mol. The van der Waals surface area contributed by atoms with Crippen LogP contribution in [0.3, 0.4) is 0 Å². The molecule has 28 heavy (non-hydrogen) atoms. The molecule has 0 N–H and O–H groups in total. The number of hydrogen-bond acceptors (Lipinski definition) is 3. The Morgan fingerprint density at radius 3 is 2.64 bits per heavy atom. The van der Waals surface area contributed by atoms with E-state index in [-0.39, 0.29) is 11.4 Å². The van der Waals surface area contributed by atoms with Crippen LogP contribution in [0.15, 0.2) is 30.3 Å². The first-order valence-electron chi connectivity index (χ1n) is 10.2. The van der Waals surface area contributed by atoms with E-state index < -0.39 is 0 Å². The summed E-state index contributed by atoms with van der Waals surface area (Å²) >= 11 is 0. The van der Waals surface area contributed by atoms with Gasteiger partial charge in [0.15, 0.2) is 6.29 Å². The van der Waals surface area contributed by atoms with E-state index in [0.29, 0.717) is 28.9 Å². The SMILES string of the molecule is CC(C)CCc1cc(F)cc(-c2ccc(C=O)c(N3CC(C)CC3(C)C)n2)c1. The molecule has 4 heteroatoms. The molecule has 2 aromatic rings. The van der Waals surface area contributed by atoms with Crippen molar-refractivity contribution in [2.45, 2.75) is 59.4 Å². The van der Waals surface area contributed by atoms with Crippen molar-refractivity contribution in [3.8, 4) is 11.3 Å². The minimum Gasteiger partial charge on any atom is -0.351 e. The maximum absolute atomic E-state index is 14.3. The smallest absolute Gasteiger partial charge is 0.153 e. The highest BCUT2D eigenvalue weighted by Crippen LogP contribution is 2.38. The van der Waals surface area contributed by atoms with Gasteiger partial charge in [0.2, 0.25) is 0 Å². The largest absolute Gasteiger partial charge is 0.351 e. The van der Waals surface area contributed by atoms with Crippen LogP contribution in [0.1, 0.15) is 63.4 Å². The summed E-state index contributed by atoms with van der Waals surface area (Å²) in [6.45, 7) is 11.8. The van der Waals surface area contributed by atoms with E-state index in [2.05, 4.69) is 39.5 Å². The number of carbonyl (C=O) groups is 1. The highest BCUT2D eigenvalue weighted by Gasteiger charge is 2.38. The van der Waals surface area contributed by atoms with Crippen LogP contribution in [-0.2, 0) is 6.42 Å². The van der Waals surface area contributed by atoms with Crippen LogP contribution in [0.4, 0.5) is 10.2 Å². The maximum Gasteiger partial charge on any atom is 0.153 e. The van der Waals surface area contributed by atoms with Gasteiger partial charge in [0.05, 0.1) is 11.3 Å². The minimum atomic E-state index is -0.241. The molecule has 3 rings (SSSR count). The minimum absolute atomic E-state index is 0.0623. The molecular weight excluding hydrogens is 351 g/mol. The normalized spacial score (nSPS) is 18.7. The summed E-state index contributed by atoms with van der Waals surface area (Å²) in [7, 11) is 0. The number of nitrogens with zero attached hydrogens (tertiary/aromatic N) is 2. The van der Waals surface area contributed by atoms with Gasteiger partial charge in [-0.05, 0) is 80.8 Å². The van der Waals surface area contributed by atoms with Crippen LogP contribution in [0.5, 0.6) is 0 Å². The van der Waals surface area contributed by atoms with E-state index in [0.717, 1.165) is 43.2 Å². The zero-order valence-corrected chi connectivity index (χ0v) is 17.6. The number of anilines is 1. The van der Waals surface area contributed by atoms with E-state index in [4.69, 9.17) is 4.98 Å². The lowest BCUT2D eigenvalue weighted by Crippen LogP contribution is -2.39. The first kappa shape index (κ1) is 20.5. The molecule has 1 atom stereocenters. The van der Waals surface area contributed by atoms with Gasteiger partial charge < -0.3 is 4.90 Å². The molecule has 0 bridgehead atoms. The average Bonchev–Trinajstić information content (AvgIpc) is 2.91. The number of aldehydes is 1. The molecule has 1 aromatic carbocycles. The predicted octanol–water partition coefficient (Wildman–Crippen LogP) is 5.91. The predicted molar refractivity (Wildman–Crippen MR) is 113 cm³/mol. The van der Waals surface area contributed by atoms with E-state index in [1.807, 2.05) is 18.2 Å². The Morgan fingerprint density at radius 2 is 2.04 bits per heavy atom. The van der Waals surface area contributed by atoms with Gasteiger partial charge in [0, 0.05) is 17.6 Å². The Balaban J connectivity index is 2.01. The van der Waals surface area contributed by atoms with Crippen molar-refractivity contribution in [3.05, 3.63) is 47.3 Å². The van der Waals surface area contributed by atoms with Gasteiger partial charge in [0.25, 0.3) is 0 Å². The van der Waals surface area contributed by atoms with Crippen LogP contribution in [0.2, 0.25) is 0 Å². The number of aromatic nitrogens is 1. The van der Waals surface area contributed by atoms with Crippen LogP contribution in [0.25, 0.3) is 11.3 Å². The highest BCUT2D eigenvalue weighted by molar-refractivity contribution is 5.84. The summed E-state index contributed by atoms with van der Waals surface area (Å²) in [6.07, 6.45) is 3.78. The van der Waals surface area contributed by atoms with Crippen molar-refractivity contribution in [2.24, 2.45) is 11.8 Å². The second-order valence-electron chi connectivity index (χ2n) is 9.24. The number of hydrogen-bond donors (Lipinski definition) is 0. The van der Waals surface area contributed by atoms with Gasteiger partial charge in [-0.3, -0.25) is 4.79 Å². The van der Waals surface area contributed by atoms with Gasteiger partial charge in [-0.1, -0.05) is 20.8 Å². The third-order valence-corrected chi connectivity index (χ3v) is 5.62. The Labute approximate surface area is 168 Å². The van der Waals surface area contributed by atoms with Crippen LogP contribution in [0, 0.1) is 17.7 Å². The van der Waals surface area contributed by atoms with Crippen LogP contribution >= 0.6 is 0 Å². The number of halogens is 1. The first-order chi connectivity index (χ1) is 13.2. The van der Waals surface area contributed by atoms with Crippen molar-refractivity contribution in [3.63, 3.8) is 0 Å². The fourth-order valence-electron chi connectivity index (χ4n) is 4.29. The van der Waals surface area contributed by atoms with Gasteiger partial charge in [-0.15, -0.1) is 0 Å². The molecule has 0 amide bonds. The molecule has 0 saturated carbocycles. The molecule has 0 aliphatic carbocycles. The van der Waals surface area contributed by atoms with E-state index in [1.165, 1.54) is 6.07 Å². The molecule has 1 aromatic heterocycles. The summed E-state index contributed by atoms with van der Waals surface area (Å²) in [6, 6.07) is 8.79. The Hall–Kier alpha value is -2.23. The number of rotatable bonds is 6. The Bertz CT molecular complexity index is 860. The molecule has 0 radical (unpaired) electrons. The summed E-state index contributed by atoms with van der Waals surface area (Å²) in [5, 5.41) is 0. The van der Waals surface area contributed by atoms with Crippen LogP contribution < -0.4 is 4.90 Å². The molecule has 1 fully saturated rings. The second kappa shape index (κ2) is 8.02. The first-order valence-corrected chi connectivity index (χ1v) is 10.2. The van der Waals surface area contributed by atoms with Crippen molar-refractivity contribution in [2.75, 3.05) is 11.4 Å². The zero-order valence-electron chi connectivity index (χ0n) is 17.6. The topological polar surface area (TPSA) is 33.2 Å². The zero-order chi connectivity index (χ0) is 20.5. The summed E-state index contributed by atoms with van der Waals surface area (Å²) < 4.78 is 14.3. The molecule has 150 valence electrons.